The number of hydrogen-bond donors (Lipinski definition) is 3. The Morgan fingerprint density at radius 3 is 2.30 bits per heavy atom. The van der Waals surface area contributed by atoms with E-state index in [9.17, 15) is 19.5 Å². The van der Waals surface area contributed by atoms with Gasteiger partial charge < -0.3 is 19.8 Å². The number of hydrogen-bond acceptors (Lipinski definition) is 6. The Morgan fingerprint density at radius 2 is 1.66 bits per heavy atom. The molecule has 0 aromatic carbocycles. The van der Waals surface area contributed by atoms with E-state index in [4.69, 9.17) is 14.7 Å². The summed E-state index contributed by atoms with van der Waals surface area (Å²) >= 11 is 0. The molecular weight excluding hydrogens is 592 g/mol. The number of rotatable bonds is 10. The lowest BCUT2D eigenvalue weighted by atomic mass is 9.84. The maximum atomic E-state index is 13.2. The molecule has 3 N–H and O–H groups in total. The number of ether oxygens (including phenoxy) is 1. The van der Waals surface area contributed by atoms with Crippen molar-refractivity contribution in [3.63, 3.8) is 0 Å². The Kier molecular flexibility index (Phi) is 9.65. The van der Waals surface area contributed by atoms with E-state index in [0.717, 1.165) is 56.4 Å². The SMILES string of the molecule is C=Cc1c(C)c2cc3nc(c(CC(=O)CC)c4nc(cc5[nH]c(cc1[nH]2)c(C)c5CC)C(C)=C4C(=O)O)[C@@H](CCC(=O)OCC)[C@@H]3C. The van der Waals surface area contributed by atoms with Crippen molar-refractivity contribution < 1.29 is 24.2 Å². The second kappa shape index (κ2) is 13.5. The number of carbonyl (C=O) groups is 3. The van der Waals surface area contributed by atoms with Crippen LogP contribution in [0.25, 0.3) is 39.3 Å². The summed E-state index contributed by atoms with van der Waals surface area (Å²) in [6.45, 7) is 18.0. The van der Waals surface area contributed by atoms with Crippen LogP contribution in [0.5, 0.6) is 0 Å². The summed E-state index contributed by atoms with van der Waals surface area (Å²) in [5.41, 5.74) is 11.0. The topological polar surface area (TPSA) is 138 Å². The molecule has 0 saturated heterocycles. The maximum Gasteiger partial charge on any atom is 0.338 e. The van der Waals surface area contributed by atoms with Gasteiger partial charge in [-0.25, -0.2) is 9.78 Å². The average Bonchev–Trinajstić information content (AvgIpc) is 3.71. The molecule has 8 bridgehead atoms. The number of Topliss-reactive ketones (excluding diaryl/α,β-unsaturated/α-hetero) is 1. The minimum Gasteiger partial charge on any atom is -0.478 e. The number of aromatic amines is 2. The van der Waals surface area contributed by atoms with Crippen LogP contribution in [-0.2, 0) is 32.0 Å². The fraction of sp³-hybridized carbons (Fsp3) is 0.395. The number of carbonyl (C=O) groups excluding carboxylic acids is 2. The van der Waals surface area contributed by atoms with E-state index in [1.165, 1.54) is 0 Å². The first-order valence-corrected chi connectivity index (χ1v) is 16.4. The van der Waals surface area contributed by atoms with Crippen molar-refractivity contribution >= 4 is 57.0 Å². The van der Waals surface area contributed by atoms with Gasteiger partial charge in [-0.05, 0) is 81.0 Å². The Balaban J connectivity index is 1.99. The summed E-state index contributed by atoms with van der Waals surface area (Å²) in [4.78, 5) is 55.9. The number of esters is 1. The maximum absolute atomic E-state index is 13.2. The van der Waals surface area contributed by atoms with Crippen molar-refractivity contribution in [1.29, 1.82) is 0 Å². The molecule has 3 aromatic heterocycles. The van der Waals surface area contributed by atoms with Crippen molar-refractivity contribution in [2.45, 2.75) is 92.4 Å². The molecule has 246 valence electrons. The molecule has 0 saturated carbocycles. The average molecular weight is 637 g/mol. The van der Waals surface area contributed by atoms with E-state index in [1.54, 1.807) is 20.8 Å². The van der Waals surface area contributed by atoms with Crippen LogP contribution in [0, 0.1) is 13.8 Å². The number of nitrogens with one attached hydrogen (secondary N) is 2. The third-order valence-electron chi connectivity index (χ3n) is 9.68. The molecule has 2 aliphatic rings. The van der Waals surface area contributed by atoms with Crippen molar-refractivity contribution in [2.24, 2.45) is 0 Å². The lowest BCUT2D eigenvalue weighted by Gasteiger charge is -2.18. The van der Waals surface area contributed by atoms with Gasteiger partial charge in [-0.15, -0.1) is 0 Å². The highest BCUT2D eigenvalue weighted by atomic mass is 16.5. The van der Waals surface area contributed by atoms with Crippen LogP contribution in [-0.4, -0.2) is 49.4 Å². The van der Waals surface area contributed by atoms with Gasteiger partial charge in [-0.1, -0.05) is 33.4 Å². The molecule has 0 spiro atoms. The van der Waals surface area contributed by atoms with Crippen LogP contribution in [0.2, 0.25) is 0 Å². The Labute approximate surface area is 275 Å². The molecule has 5 heterocycles. The van der Waals surface area contributed by atoms with Crippen LogP contribution >= 0.6 is 0 Å². The third kappa shape index (κ3) is 6.19. The van der Waals surface area contributed by atoms with Crippen LogP contribution in [0.4, 0.5) is 0 Å². The van der Waals surface area contributed by atoms with Gasteiger partial charge >= 0.3 is 11.9 Å². The first kappa shape index (κ1) is 33.6. The third-order valence-corrected chi connectivity index (χ3v) is 9.68. The van der Waals surface area contributed by atoms with Gasteiger partial charge in [0.2, 0.25) is 0 Å². The molecule has 47 heavy (non-hydrogen) atoms. The zero-order valence-corrected chi connectivity index (χ0v) is 28.4. The number of ketones is 1. The highest BCUT2D eigenvalue weighted by Crippen LogP contribution is 2.44. The lowest BCUT2D eigenvalue weighted by Crippen LogP contribution is -2.14. The zero-order chi connectivity index (χ0) is 34.2. The number of nitrogens with zero attached hydrogens (tertiary/aromatic N) is 2. The number of H-pyrrole nitrogens is 2. The monoisotopic (exact) mass is 636 g/mol. The Hall–Kier alpha value is -4.79. The number of aromatic nitrogens is 4. The normalized spacial score (nSPS) is 16.0. The fourth-order valence-corrected chi connectivity index (χ4v) is 6.92. The standard InChI is InChI=1S/C38H44N4O5/c1-9-23(43)15-27-36-26(13-14-34(44)47-12-4)21(7)30(41-36)16-28-19(5)24(10-2)32(39-28)17-29-20(6)25(11-3)33(40-29)18-31-22(8)35(38(45)46)37(27)42-31/h10,16-18,21,26,39-40H,2,9,11-15H2,1,3-8H3,(H,45,46)/t21-,26-/m0/s1. The van der Waals surface area contributed by atoms with Gasteiger partial charge in [0.1, 0.15) is 5.78 Å². The molecule has 2 atom stereocenters. The molecule has 3 aromatic rings. The largest absolute Gasteiger partial charge is 0.478 e. The molecule has 0 radical (unpaired) electrons. The molecule has 9 heteroatoms. The quantitative estimate of drug-likeness (QED) is 0.192. The van der Waals surface area contributed by atoms with E-state index in [0.29, 0.717) is 28.9 Å². The van der Waals surface area contributed by atoms with Gasteiger partial charge in [-0.3, -0.25) is 14.6 Å². The second-order valence-electron chi connectivity index (χ2n) is 12.4. The van der Waals surface area contributed by atoms with Gasteiger partial charge in [0, 0.05) is 70.0 Å². The van der Waals surface area contributed by atoms with Crippen LogP contribution < -0.4 is 0 Å². The fourth-order valence-electron chi connectivity index (χ4n) is 6.92. The van der Waals surface area contributed by atoms with Crippen molar-refractivity contribution in [1.82, 2.24) is 19.9 Å². The summed E-state index contributed by atoms with van der Waals surface area (Å²) in [5, 5.41) is 10.5. The molecule has 0 fully saturated rings. The minimum atomic E-state index is -1.12. The lowest BCUT2D eigenvalue weighted by molar-refractivity contribution is -0.143. The van der Waals surface area contributed by atoms with Crippen molar-refractivity contribution in [3.8, 4) is 0 Å². The van der Waals surface area contributed by atoms with Gasteiger partial charge in [-0.2, -0.15) is 0 Å². The summed E-state index contributed by atoms with van der Waals surface area (Å²) in [5.74, 6) is -1.89. The molecule has 9 nitrogen and oxygen atoms in total. The Morgan fingerprint density at radius 1 is 0.957 bits per heavy atom. The van der Waals surface area contributed by atoms with E-state index in [1.807, 2.05) is 25.1 Å². The summed E-state index contributed by atoms with van der Waals surface area (Å²) in [7, 11) is 0. The van der Waals surface area contributed by atoms with E-state index < -0.39 is 5.97 Å². The zero-order valence-electron chi connectivity index (χ0n) is 28.4. The summed E-state index contributed by atoms with van der Waals surface area (Å²) in [6, 6.07) is 6.01. The molecule has 5 rings (SSSR count). The number of aryl methyl sites for hydroxylation is 3. The van der Waals surface area contributed by atoms with Gasteiger partial charge in [0.25, 0.3) is 0 Å². The van der Waals surface area contributed by atoms with E-state index in [2.05, 4.69) is 43.4 Å². The molecule has 0 amide bonds. The second-order valence-corrected chi connectivity index (χ2v) is 12.4. The number of fused-ring (bicyclic) bond motifs is 8. The first-order chi connectivity index (χ1) is 22.4. The summed E-state index contributed by atoms with van der Waals surface area (Å²) < 4.78 is 5.25. The predicted molar refractivity (Wildman–Crippen MR) is 186 cm³/mol. The molecular formula is C38H44N4O5. The number of aliphatic carboxylic acids is 1. The van der Waals surface area contributed by atoms with Crippen molar-refractivity contribution in [3.05, 3.63) is 75.4 Å². The first-order valence-electron chi connectivity index (χ1n) is 16.4. The van der Waals surface area contributed by atoms with Crippen LogP contribution in [0.1, 0.15) is 116 Å². The van der Waals surface area contributed by atoms with Gasteiger partial charge in [0.15, 0.2) is 0 Å². The highest BCUT2D eigenvalue weighted by molar-refractivity contribution is 6.24. The number of allylic oxidation sites excluding steroid dienone is 1. The van der Waals surface area contributed by atoms with E-state index in [-0.39, 0.29) is 60.7 Å². The van der Waals surface area contributed by atoms with Crippen LogP contribution in [0.3, 0.4) is 0 Å². The summed E-state index contributed by atoms with van der Waals surface area (Å²) in [6.07, 6.45) is 3.45. The highest BCUT2D eigenvalue weighted by Gasteiger charge is 2.35. The van der Waals surface area contributed by atoms with E-state index >= 15 is 0 Å². The van der Waals surface area contributed by atoms with Gasteiger partial charge in [0.05, 0.1) is 29.3 Å². The molecule has 2 aliphatic heterocycles. The number of carboxylic acids is 1. The molecule has 0 unspecified atom stereocenters. The minimum absolute atomic E-state index is 0.0192. The van der Waals surface area contributed by atoms with Crippen molar-refractivity contribution in [2.75, 3.05) is 6.61 Å². The number of carboxylic acid groups (broad SMARTS) is 1. The predicted octanol–water partition coefficient (Wildman–Crippen LogP) is 7.90. The smallest absolute Gasteiger partial charge is 0.338 e. The van der Waals surface area contributed by atoms with Crippen LogP contribution in [0.15, 0.2) is 24.8 Å². The Bertz CT molecular complexity index is 1990. The molecule has 0 aliphatic carbocycles.